The predicted molar refractivity (Wildman–Crippen MR) is 67.1 cm³/mol. The molecule has 0 aromatic heterocycles. The minimum atomic E-state index is -2.47. The van der Waals surface area contributed by atoms with Crippen molar-refractivity contribution in [3.05, 3.63) is 35.4 Å². The van der Waals surface area contributed by atoms with E-state index in [-0.39, 0.29) is 5.56 Å². The molecule has 2 rings (SSSR count). The van der Waals surface area contributed by atoms with Crippen molar-refractivity contribution in [2.45, 2.75) is 38.3 Å². The molecule has 19 heavy (non-hydrogen) atoms. The Kier molecular flexibility index (Phi) is 3.85. The molecule has 0 bridgehead atoms. The fraction of sp³-hybridized carbons (Fsp3) is 0.500. The molecule has 1 heterocycles. The minimum Gasteiger partial charge on any atom is -0.480 e. The van der Waals surface area contributed by atoms with Crippen LogP contribution in [0.15, 0.2) is 24.3 Å². The Hall–Kier alpha value is -1.49. The van der Waals surface area contributed by atoms with E-state index in [4.69, 9.17) is 0 Å². The Morgan fingerprint density at radius 3 is 2.58 bits per heavy atom. The fourth-order valence-electron chi connectivity index (χ4n) is 2.50. The van der Waals surface area contributed by atoms with E-state index in [1.165, 1.54) is 12.1 Å². The second-order valence-corrected chi connectivity index (χ2v) is 5.15. The number of carboxylic acid groups (broad SMARTS) is 1. The molecule has 1 saturated heterocycles. The summed E-state index contributed by atoms with van der Waals surface area (Å²) < 4.78 is 24.9. The summed E-state index contributed by atoms with van der Waals surface area (Å²) in [6, 6.07) is 6.08. The van der Waals surface area contributed by atoms with Crippen molar-refractivity contribution in [1.82, 2.24) is 4.90 Å². The molecule has 1 atom stereocenters. The highest BCUT2D eigenvalue weighted by Crippen LogP contribution is 2.31. The van der Waals surface area contributed by atoms with Gasteiger partial charge in [-0.2, -0.15) is 0 Å². The second kappa shape index (κ2) is 5.25. The first-order chi connectivity index (χ1) is 8.93. The molecule has 1 aromatic rings. The molecule has 1 aliphatic heterocycles. The third kappa shape index (κ3) is 2.76. The van der Waals surface area contributed by atoms with Crippen molar-refractivity contribution in [1.29, 1.82) is 0 Å². The van der Waals surface area contributed by atoms with Crippen LogP contribution in [-0.2, 0) is 11.3 Å². The number of hydrogen-bond donors (Lipinski definition) is 1. The number of benzene rings is 1. The molecule has 1 fully saturated rings. The van der Waals surface area contributed by atoms with E-state index in [1.54, 1.807) is 19.1 Å². The van der Waals surface area contributed by atoms with Crippen LogP contribution in [0.25, 0.3) is 0 Å². The fourth-order valence-corrected chi connectivity index (χ4v) is 2.50. The number of hydrogen-bond acceptors (Lipinski definition) is 2. The van der Waals surface area contributed by atoms with Gasteiger partial charge in [0, 0.05) is 12.1 Å². The Morgan fingerprint density at radius 1 is 1.42 bits per heavy atom. The van der Waals surface area contributed by atoms with Crippen LogP contribution in [0.5, 0.6) is 0 Å². The lowest BCUT2D eigenvalue weighted by Gasteiger charge is -2.31. The van der Waals surface area contributed by atoms with Crippen molar-refractivity contribution in [3.8, 4) is 0 Å². The maximum absolute atomic E-state index is 12.4. The third-order valence-corrected chi connectivity index (χ3v) is 3.86. The van der Waals surface area contributed by atoms with Crippen LogP contribution in [0, 0.1) is 0 Å². The van der Waals surface area contributed by atoms with E-state index in [1.807, 2.05) is 4.90 Å². The lowest BCUT2D eigenvalue weighted by Crippen LogP contribution is -2.47. The summed E-state index contributed by atoms with van der Waals surface area (Å²) in [6.45, 7) is 2.92. The zero-order valence-corrected chi connectivity index (χ0v) is 10.8. The van der Waals surface area contributed by atoms with Gasteiger partial charge in [0.05, 0.1) is 0 Å². The maximum Gasteiger partial charge on any atom is 0.323 e. The van der Waals surface area contributed by atoms with Gasteiger partial charge in [-0.1, -0.05) is 24.3 Å². The minimum absolute atomic E-state index is 0.00818. The summed E-state index contributed by atoms with van der Waals surface area (Å²) >= 11 is 0. The Labute approximate surface area is 110 Å². The van der Waals surface area contributed by atoms with Crippen molar-refractivity contribution in [2.75, 3.05) is 6.54 Å². The van der Waals surface area contributed by atoms with Gasteiger partial charge in [0.15, 0.2) is 0 Å². The average molecular weight is 269 g/mol. The number of likely N-dealkylation sites (tertiary alicyclic amines) is 1. The van der Waals surface area contributed by atoms with E-state index in [2.05, 4.69) is 0 Å². The molecule has 0 spiro atoms. The lowest BCUT2D eigenvalue weighted by molar-refractivity contribution is -0.148. The SMILES string of the molecule is CC1(C(=O)O)CCCN1Cc1ccc(C(F)F)cc1. The van der Waals surface area contributed by atoms with Gasteiger partial charge in [0.2, 0.25) is 0 Å². The van der Waals surface area contributed by atoms with E-state index < -0.39 is 17.9 Å². The summed E-state index contributed by atoms with van der Waals surface area (Å²) in [6.07, 6.45) is -1.000. The molecule has 0 aliphatic carbocycles. The smallest absolute Gasteiger partial charge is 0.323 e. The third-order valence-electron chi connectivity index (χ3n) is 3.86. The molecule has 1 unspecified atom stereocenters. The highest BCUT2D eigenvalue weighted by molar-refractivity contribution is 5.78. The number of carboxylic acids is 1. The van der Waals surface area contributed by atoms with Crippen molar-refractivity contribution < 1.29 is 18.7 Å². The Bertz CT molecular complexity index is 461. The van der Waals surface area contributed by atoms with Crippen LogP contribution >= 0.6 is 0 Å². The number of carbonyl (C=O) groups is 1. The normalized spacial score (nSPS) is 24.0. The van der Waals surface area contributed by atoms with Crippen molar-refractivity contribution in [2.24, 2.45) is 0 Å². The van der Waals surface area contributed by atoms with Crippen LogP contribution < -0.4 is 0 Å². The number of aliphatic carboxylic acids is 1. The first-order valence-electron chi connectivity index (χ1n) is 6.29. The van der Waals surface area contributed by atoms with Gasteiger partial charge < -0.3 is 5.11 Å². The van der Waals surface area contributed by atoms with Crippen LogP contribution in [0.4, 0.5) is 8.78 Å². The summed E-state index contributed by atoms with van der Waals surface area (Å²) in [5, 5.41) is 9.30. The number of rotatable bonds is 4. The van der Waals surface area contributed by atoms with Gasteiger partial charge >= 0.3 is 5.97 Å². The van der Waals surface area contributed by atoms with Gasteiger partial charge in [-0.3, -0.25) is 9.69 Å². The van der Waals surface area contributed by atoms with Gasteiger partial charge in [0.25, 0.3) is 6.43 Å². The van der Waals surface area contributed by atoms with E-state index in [0.717, 1.165) is 18.5 Å². The average Bonchev–Trinajstić information content (AvgIpc) is 2.73. The summed E-state index contributed by atoms with van der Waals surface area (Å²) in [7, 11) is 0. The van der Waals surface area contributed by atoms with Crippen LogP contribution in [0.3, 0.4) is 0 Å². The molecule has 5 heteroatoms. The summed E-state index contributed by atoms with van der Waals surface area (Å²) in [5.41, 5.74) is 0.00595. The van der Waals surface area contributed by atoms with Crippen molar-refractivity contribution >= 4 is 5.97 Å². The van der Waals surface area contributed by atoms with Gasteiger partial charge in [-0.05, 0) is 31.9 Å². The quantitative estimate of drug-likeness (QED) is 0.913. The van der Waals surface area contributed by atoms with E-state index in [0.29, 0.717) is 13.0 Å². The number of alkyl halides is 2. The molecule has 0 amide bonds. The number of halogens is 2. The largest absolute Gasteiger partial charge is 0.480 e. The molecule has 1 N–H and O–H groups in total. The summed E-state index contributed by atoms with van der Waals surface area (Å²) in [4.78, 5) is 13.2. The monoisotopic (exact) mass is 269 g/mol. The first-order valence-corrected chi connectivity index (χ1v) is 6.29. The van der Waals surface area contributed by atoms with Crippen LogP contribution in [0.2, 0.25) is 0 Å². The van der Waals surface area contributed by atoms with Gasteiger partial charge in [0.1, 0.15) is 5.54 Å². The van der Waals surface area contributed by atoms with Crippen LogP contribution in [0.1, 0.15) is 37.3 Å². The molecule has 1 aliphatic rings. The zero-order valence-electron chi connectivity index (χ0n) is 10.8. The van der Waals surface area contributed by atoms with Crippen molar-refractivity contribution in [3.63, 3.8) is 0 Å². The maximum atomic E-state index is 12.4. The molecule has 1 aromatic carbocycles. The lowest BCUT2D eigenvalue weighted by atomic mass is 9.98. The van der Waals surface area contributed by atoms with Gasteiger partial charge in [-0.25, -0.2) is 8.78 Å². The molecule has 104 valence electrons. The second-order valence-electron chi connectivity index (χ2n) is 5.15. The standard InChI is InChI=1S/C14H17F2NO2/c1-14(13(18)19)7-2-8-17(14)9-10-3-5-11(6-4-10)12(15)16/h3-6,12H,2,7-9H2,1H3,(H,18,19). The van der Waals surface area contributed by atoms with E-state index in [9.17, 15) is 18.7 Å². The molecule has 0 saturated carbocycles. The Balaban J connectivity index is 2.10. The molecule has 0 radical (unpaired) electrons. The van der Waals surface area contributed by atoms with Crippen LogP contribution in [-0.4, -0.2) is 28.1 Å². The topological polar surface area (TPSA) is 40.5 Å². The number of nitrogens with zero attached hydrogens (tertiary/aromatic N) is 1. The first kappa shape index (κ1) is 13.9. The zero-order chi connectivity index (χ0) is 14.0. The Morgan fingerprint density at radius 2 is 2.05 bits per heavy atom. The van der Waals surface area contributed by atoms with Gasteiger partial charge in [-0.15, -0.1) is 0 Å². The molecule has 3 nitrogen and oxygen atoms in total. The highest BCUT2D eigenvalue weighted by atomic mass is 19.3. The predicted octanol–water partition coefficient (Wildman–Crippen LogP) is 3.06. The highest BCUT2D eigenvalue weighted by Gasteiger charge is 2.43. The van der Waals surface area contributed by atoms with E-state index >= 15 is 0 Å². The molecular weight excluding hydrogens is 252 g/mol. The molecular formula is C14H17F2NO2. The summed E-state index contributed by atoms with van der Waals surface area (Å²) in [5.74, 6) is -0.825.